The Labute approximate surface area is 107 Å². The molecule has 1 aromatic rings. The molecule has 96 valence electrons. The second kappa shape index (κ2) is 5.96. The number of ether oxygens (including phenoxy) is 1. The van der Waals surface area contributed by atoms with Gasteiger partial charge in [0.25, 0.3) is 0 Å². The predicted molar refractivity (Wildman–Crippen MR) is 67.9 cm³/mol. The summed E-state index contributed by atoms with van der Waals surface area (Å²) in [7, 11) is 0. The maximum absolute atomic E-state index is 10.3. The minimum Gasteiger partial charge on any atom is -0.388 e. The lowest BCUT2D eigenvalue weighted by atomic mass is 9.94. The molecular weight excluding hydrogens is 228 g/mol. The van der Waals surface area contributed by atoms with E-state index in [1.807, 2.05) is 18.2 Å². The molecule has 2 rings (SSSR count). The summed E-state index contributed by atoms with van der Waals surface area (Å²) in [6.45, 7) is 2.38. The number of hydrogen-bond donors (Lipinski definition) is 2. The fourth-order valence-corrected chi connectivity index (χ4v) is 2.14. The molecule has 2 N–H and O–H groups in total. The van der Waals surface area contributed by atoms with Gasteiger partial charge in [-0.1, -0.05) is 18.2 Å². The molecular formula is C14H18N2O2. The Hall–Kier alpha value is -1.41. The van der Waals surface area contributed by atoms with E-state index < -0.39 is 5.60 Å². The molecule has 18 heavy (non-hydrogen) atoms. The second-order valence-corrected chi connectivity index (χ2v) is 4.71. The molecule has 0 saturated carbocycles. The molecule has 0 spiro atoms. The van der Waals surface area contributed by atoms with E-state index in [1.165, 1.54) is 0 Å². The van der Waals surface area contributed by atoms with Crippen LogP contribution in [0.25, 0.3) is 0 Å². The molecule has 1 aliphatic rings. The third kappa shape index (κ3) is 3.30. The highest BCUT2D eigenvalue weighted by molar-refractivity contribution is 5.37. The SMILES string of the molecule is N#Cc1ccccc1CNCC1(O)CCOCC1. The van der Waals surface area contributed by atoms with Crippen molar-refractivity contribution in [1.29, 1.82) is 5.26 Å². The predicted octanol–water partition coefficient (Wildman–Crippen LogP) is 1.19. The number of nitrogens with zero attached hydrogens (tertiary/aromatic N) is 1. The molecule has 4 heteroatoms. The highest BCUT2D eigenvalue weighted by atomic mass is 16.5. The van der Waals surface area contributed by atoms with Crippen molar-refractivity contribution in [1.82, 2.24) is 5.32 Å². The third-order valence-corrected chi connectivity index (χ3v) is 3.33. The lowest BCUT2D eigenvalue weighted by Gasteiger charge is -2.32. The third-order valence-electron chi connectivity index (χ3n) is 3.33. The van der Waals surface area contributed by atoms with Crippen molar-refractivity contribution in [3.63, 3.8) is 0 Å². The quantitative estimate of drug-likeness (QED) is 0.837. The number of aliphatic hydroxyl groups is 1. The molecule has 0 unspecified atom stereocenters. The van der Waals surface area contributed by atoms with Crippen LogP contribution in [0.15, 0.2) is 24.3 Å². The average Bonchev–Trinajstić information content (AvgIpc) is 2.40. The molecule has 1 heterocycles. The maximum atomic E-state index is 10.3. The standard InChI is InChI=1S/C14H18N2O2/c15-9-12-3-1-2-4-13(12)10-16-11-14(17)5-7-18-8-6-14/h1-4,16-17H,5-8,10-11H2. The first-order chi connectivity index (χ1) is 8.73. The minimum absolute atomic E-state index is 0.538. The van der Waals surface area contributed by atoms with Crippen molar-refractivity contribution in [3.8, 4) is 6.07 Å². The number of nitriles is 1. The summed E-state index contributed by atoms with van der Waals surface area (Å²) in [5.41, 5.74) is 0.986. The first-order valence-electron chi connectivity index (χ1n) is 6.22. The topological polar surface area (TPSA) is 65.3 Å². The van der Waals surface area contributed by atoms with Crippen LogP contribution >= 0.6 is 0 Å². The van der Waals surface area contributed by atoms with Crippen LogP contribution in [0.5, 0.6) is 0 Å². The first-order valence-corrected chi connectivity index (χ1v) is 6.22. The van der Waals surface area contributed by atoms with E-state index in [-0.39, 0.29) is 0 Å². The fraction of sp³-hybridized carbons (Fsp3) is 0.500. The van der Waals surface area contributed by atoms with Gasteiger partial charge in [-0.05, 0) is 11.6 Å². The summed E-state index contributed by atoms with van der Waals surface area (Å²) < 4.78 is 5.24. The van der Waals surface area contributed by atoms with Crippen LogP contribution in [0.1, 0.15) is 24.0 Å². The van der Waals surface area contributed by atoms with E-state index >= 15 is 0 Å². The minimum atomic E-state index is -0.667. The number of rotatable bonds is 4. The van der Waals surface area contributed by atoms with Crippen molar-refractivity contribution in [2.75, 3.05) is 19.8 Å². The van der Waals surface area contributed by atoms with Crippen LogP contribution in [0.2, 0.25) is 0 Å². The van der Waals surface area contributed by atoms with Gasteiger partial charge in [-0.15, -0.1) is 0 Å². The molecule has 0 aliphatic carbocycles. The molecule has 1 fully saturated rings. The molecule has 0 radical (unpaired) electrons. The normalized spacial score (nSPS) is 18.2. The van der Waals surface area contributed by atoms with Crippen LogP contribution in [-0.4, -0.2) is 30.5 Å². The van der Waals surface area contributed by atoms with E-state index in [0.717, 1.165) is 5.56 Å². The molecule has 0 bridgehead atoms. The van der Waals surface area contributed by atoms with Crippen molar-refractivity contribution >= 4 is 0 Å². The van der Waals surface area contributed by atoms with Crippen LogP contribution in [0.4, 0.5) is 0 Å². The number of nitrogens with one attached hydrogen (secondary N) is 1. The van der Waals surface area contributed by atoms with Crippen molar-refractivity contribution in [3.05, 3.63) is 35.4 Å². The van der Waals surface area contributed by atoms with Crippen LogP contribution in [-0.2, 0) is 11.3 Å². The molecule has 1 aliphatic heterocycles. The van der Waals surface area contributed by atoms with Gasteiger partial charge in [-0.3, -0.25) is 0 Å². The van der Waals surface area contributed by atoms with Crippen LogP contribution in [0.3, 0.4) is 0 Å². The van der Waals surface area contributed by atoms with Gasteiger partial charge < -0.3 is 15.2 Å². The Morgan fingerprint density at radius 2 is 2.06 bits per heavy atom. The summed E-state index contributed by atoms with van der Waals surface area (Å²) in [6, 6.07) is 9.68. The highest BCUT2D eigenvalue weighted by Crippen LogP contribution is 2.19. The number of benzene rings is 1. The lowest BCUT2D eigenvalue weighted by molar-refractivity contribution is -0.0617. The average molecular weight is 246 g/mol. The van der Waals surface area contributed by atoms with Gasteiger partial charge in [0.1, 0.15) is 0 Å². The van der Waals surface area contributed by atoms with Crippen molar-refractivity contribution in [2.24, 2.45) is 0 Å². The van der Waals surface area contributed by atoms with Gasteiger partial charge >= 0.3 is 0 Å². The van der Waals surface area contributed by atoms with Gasteiger partial charge in [0.2, 0.25) is 0 Å². The zero-order chi connectivity index (χ0) is 12.8. The molecule has 1 aromatic carbocycles. The van der Waals surface area contributed by atoms with Gasteiger partial charge in [0, 0.05) is 39.1 Å². The molecule has 4 nitrogen and oxygen atoms in total. The highest BCUT2D eigenvalue weighted by Gasteiger charge is 2.29. The van der Waals surface area contributed by atoms with Crippen LogP contribution in [0, 0.1) is 11.3 Å². The Morgan fingerprint density at radius 3 is 2.78 bits per heavy atom. The van der Waals surface area contributed by atoms with Crippen molar-refractivity contribution in [2.45, 2.75) is 25.0 Å². The van der Waals surface area contributed by atoms with E-state index in [4.69, 9.17) is 10.00 Å². The van der Waals surface area contributed by atoms with Crippen molar-refractivity contribution < 1.29 is 9.84 Å². The monoisotopic (exact) mass is 246 g/mol. The zero-order valence-corrected chi connectivity index (χ0v) is 10.4. The Morgan fingerprint density at radius 1 is 1.33 bits per heavy atom. The molecule has 1 saturated heterocycles. The molecule has 0 atom stereocenters. The van der Waals surface area contributed by atoms with E-state index in [2.05, 4.69) is 11.4 Å². The Kier molecular flexibility index (Phi) is 4.32. The lowest BCUT2D eigenvalue weighted by Crippen LogP contribution is -2.44. The largest absolute Gasteiger partial charge is 0.388 e. The Balaban J connectivity index is 1.86. The molecule has 0 amide bonds. The fourth-order valence-electron chi connectivity index (χ4n) is 2.14. The van der Waals surface area contributed by atoms with Gasteiger partial charge in [-0.25, -0.2) is 0 Å². The van der Waals surface area contributed by atoms with E-state index in [9.17, 15) is 5.11 Å². The smallest absolute Gasteiger partial charge is 0.0995 e. The first kappa shape index (κ1) is 13.0. The van der Waals surface area contributed by atoms with Gasteiger partial charge in [-0.2, -0.15) is 5.26 Å². The summed E-state index contributed by atoms with van der Waals surface area (Å²) in [5, 5.41) is 22.5. The van der Waals surface area contributed by atoms with E-state index in [1.54, 1.807) is 6.07 Å². The van der Waals surface area contributed by atoms with Gasteiger partial charge in [0.15, 0.2) is 0 Å². The Bertz CT molecular complexity index is 434. The molecule has 0 aromatic heterocycles. The van der Waals surface area contributed by atoms with E-state index in [0.29, 0.717) is 44.7 Å². The summed E-state index contributed by atoms with van der Waals surface area (Å²) in [4.78, 5) is 0. The zero-order valence-electron chi connectivity index (χ0n) is 10.4. The number of hydrogen-bond acceptors (Lipinski definition) is 4. The summed E-state index contributed by atoms with van der Waals surface area (Å²) in [6.07, 6.45) is 1.33. The van der Waals surface area contributed by atoms with Crippen LogP contribution < -0.4 is 5.32 Å². The maximum Gasteiger partial charge on any atom is 0.0995 e. The van der Waals surface area contributed by atoms with Gasteiger partial charge in [0.05, 0.1) is 17.2 Å². The second-order valence-electron chi connectivity index (χ2n) is 4.71. The summed E-state index contributed by atoms with van der Waals surface area (Å²) in [5.74, 6) is 0. The summed E-state index contributed by atoms with van der Waals surface area (Å²) >= 11 is 0.